The van der Waals surface area contributed by atoms with Crippen molar-refractivity contribution in [2.24, 2.45) is 0 Å². The normalized spacial score (nSPS) is 11.8. The van der Waals surface area contributed by atoms with Crippen LogP contribution in [0.5, 0.6) is 5.75 Å². The van der Waals surface area contributed by atoms with Crippen molar-refractivity contribution in [3.05, 3.63) is 41.3 Å². The molecule has 0 aliphatic rings. The van der Waals surface area contributed by atoms with E-state index in [-0.39, 0.29) is 11.3 Å². The fraction of sp³-hybridized carbons (Fsp3) is 0.312. The maximum atomic E-state index is 9.57. The molecule has 0 aliphatic heterocycles. The van der Waals surface area contributed by atoms with Gasteiger partial charge in [-0.1, -0.05) is 11.6 Å². The Bertz CT molecular complexity index is 853. The number of hydrogen-bond donors (Lipinski definition) is 2. The van der Waals surface area contributed by atoms with E-state index in [0.29, 0.717) is 17.4 Å². The van der Waals surface area contributed by atoms with Crippen molar-refractivity contribution in [3.8, 4) is 5.75 Å². The van der Waals surface area contributed by atoms with Gasteiger partial charge in [-0.25, -0.2) is 14.6 Å². The quantitative estimate of drug-likeness (QED) is 0.767. The molecule has 6 nitrogen and oxygen atoms in total. The lowest BCUT2D eigenvalue weighted by Crippen LogP contribution is -2.23. The molecule has 3 aromatic rings. The van der Waals surface area contributed by atoms with Gasteiger partial charge in [0.2, 0.25) is 0 Å². The molecule has 0 saturated carbocycles. The molecule has 0 fully saturated rings. The molecule has 120 valence electrons. The van der Waals surface area contributed by atoms with E-state index in [9.17, 15) is 5.11 Å². The minimum absolute atomic E-state index is 0.165. The Hall–Kier alpha value is -2.34. The maximum absolute atomic E-state index is 9.57. The van der Waals surface area contributed by atoms with Crippen LogP contribution >= 0.6 is 11.6 Å². The van der Waals surface area contributed by atoms with Gasteiger partial charge in [0.1, 0.15) is 17.9 Å². The molecule has 7 heteroatoms. The Labute approximate surface area is 139 Å². The molecule has 0 atom stereocenters. The molecule has 0 radical (unpaired) electrons. The number of hydrogen-bond acceptors (Lipinski definition) is 5. The van der Waals surface area contributed by atoms with Crippen LogP contribution in [0, 0.1) is 0 Å². The van der Waals surface area contributed by atoms with Crippen molar-refractivity contribution < 1.29 is 5.11 Å². The molecular weight excluding hydrogens is 314 g/mol. The first-order chi connectivity index (χ1) is 10.9. The van der Waals surface area contributed by atoms with Crippen LogP contribution in [0.15, 0.2) is 30.7 Å². The fourth-order valence-corrected chi connectivity index (χ4v) is 2.54. The predicted molar refractivity (Wildman–Crippen MR) is 90.8 cm³/mol. The van der Waals surface area contributed by atoms with Crippen molar-refractivity contribution in [2.45, 2.75) is 32.9 Å². The van der Waals surface area contributed by atoms with Gasteiger partial charge >= 0.3 is 0 Å². The summed E-state index contributed by atoms with van der Waals surface area (Å²) in [4.78, 5) is 8.63. The Balaban J connectivity index is 1.92. The van der Waals surface area contributed by atoms with Gasteiger partial charge in [0, 0.05) is 11.6 Å². The summed E-state index contributed by atoms with van der Waals surface area (Å²) in [7, 11) is 0. The third-order valence-corrected chi connectivity index (χ3v) is 3.85. The van der Waals surface area contributed by atoms with Crippen molar-refractivity contribution in [2.75, 3.05) is 5.32 Å². The minimum atomic E-state index is -0.165. The van der Waals surface area contributed by atoms with Crippen molar-refractivity contribution >= 4 is 28.5 Å². The van der Waals surface area contributed by atoms with E-state index in [0.717, 1.165) is 16.6 Å². The molecule has 2 aromatic heterocycles. The maximum Gasteiger partial charge on any atom is 0.163 e. The third-order valence-electron chi connectivity index (χ3n) is 3.48. The molecule has 2 N–H and O–H groups in total. The molecule has 0 amide bonds. The molecule has 0 aliphatic carbocycles. The minimum Gasteiger partial charge on any atom is -0.508 e. The van der Waals surface area contributed by atoms with Crippen LogP contribution in [0.2, 0.25) is 5.02 Å². The first-order valence-electron chi connectivity index (χ1n) is 7.27. The number of fused-ring (bicyclic) bond motifs is 1. The van der Waals surface area contributed by atoms with Crippen LogP contribution in [-0.4, -0.2) is 24.9 Å². The molecule has 0 unspecified atom stereocenters. The Morgan fingerprint density at radius 2 is 2.04 bits per heavy atom. The van der Waals surface area contributed by atoms with Crippen LogP contribution in [0.3, 0.4) is 0 Å². The standard InChI is InChI=1S/C16H18ClN5O/c1-16(2,3)22-15-12(8-21-22)14(19-9-20-15)18-7-10-6-11(23)4-5-13(10)17/h4-6,8-9,23H,7H2,1-3H3,(H,18,19,20). The highest BCUT2D eigenvalue weighted by Crippen LogP contribution is 2.26. The van der Waals surface area contributed by atoms with Crippen molar-refractivity contribution in [1.29, 1.82) is 0 Å². The Morgan fingerprint density at radius 3 is 2.78 bits per heavy atom. The lowest BCUT2D eigenvalue weighted by atomic mass is 10.1. The molecular formula is C16H18ClN5O. The molecule has 0 spiro atoms. The molecule has 0 bridgehead atoms. The number of phenols is 1. The SMILES string of the molecule is CC(C)(C)n1ncc2c(NCc3cc(O)ccc3Cl)ncnc21. The van der Waals surface area contributed by atoms with Gasteiger partial charge < -0.3 is 10.4 Å². The second-order valence-corrected chi connectivity index (χ2v) is 6.72. The van der Waals surface area contributed by atoms with Gasteiger partial charge in [-0.3, -0.25) is 0 Å². The zero-order valence-electron chi connectivity index (χ0n) is 13.2. The van der Waals surface area contributed by atoms with E-state index < -0.39 is 0 Å². The number of aromatic hydroxyl groups is 1. The number of anilines is 1. The number of rotatable bonds is 3. The summed E-state index contributed by atoms with van der Waals surface area (Å²) >= 11 is 6.14. The van der Waals surface area contributed by atoms with E-state index in [4.69, 9.17) is 11.6 Å². The lowest BCUT2D eigenvalue weighted by Gasteiger charge is -2.19. The number of nitrogens with zero attached hydrogens (tertiary/aromatic N) is 4. The highest BCUT2D eigenvalue weighted by atomic mass is 35.5. The second kappa shape index (κ2) is 5.70. The van der Waals surface area contributed by atoms with Gasteiger partial charge in [0.05, 0.1) is 17.1 Å². The lowest BCUT2D eigenvalue weighted by molar-refractivity contribution is 0.366. The fourth-order valence-electron chi connectivity index (χ4n) is 2.35. The average molecular weight is 332 g/mol. The topological polar surface area (TPSA) is 75.9 Å². The first-order valence-corrected chi connectivity index (χ1v) is 7.64. The van der Waals surface area contributed by atoms with E-state index in [2.05, 4.69) is 41.2 Å². The summed E-state index contributed by atoms with van der Waals surface area (Å²) in [5.41, 5.74) is 1.40. The number of phenolic OH excluding ortho intramolecular Hbond substituents is 1. The van der Waals surface area contributed by atoms with Gasteiger partial charge in [0.15, 0.2) is 5.65 Å². The summed E-state index contributed by atoms with van der Waals surface area (Å²) in [6.45, 7) is 6.66. The Morgan fingerprint density at radius 1 is 1.26 bits per heavy atom. The average Bonchev–Trinajstić information content (AvgIpc) is 2.93. The van der Waals surface area contributed by atoms with Gasteiger partial charge in [0.25, 0.3) is 0 Å². The van der Waals surface area contributed by atoms with Crippen LogP contribution in [0.1, 0.15) is 26.3 Å². The molecule has 2 heterocycles. The second-order valence-electron chi connectivity index (χ2n) is 6.32. The van der Waals surface area contributed by atoms with E-state index >= 15 is 0 Å². The number of benzene rings is 1. The highest BCUT2D eigenvalue weighted by Gasteiger charge is 2.19. The zero-order valence-corrected chi connectivity index (χ0v) is 14.0. The zero-order chi connectivity index (χ0) is 16.6. The van der Waals surface area contributed by atoms with Gasteiger partial charge in [-0.15, -0.1) is 0 Å². The predicted octanol–water partition coefficient (Wildman–Crippen LogP) is 3.55. The summed E-state index contributed by atoms with van der Waals surface area (Å²) in [6, 6.07) is 4.86. The van der Waals surface area contributed by atoms with Crippen LogP contribution in [0.25, 0.3) is 11.0 Å². The molecule has 0 saturated heterocycles. The number of halogens is 1. The molecule has 1 aromatic carbocycles. The summed E-state index contributed by atoms with van der Waals surface area (Å²) < 4.78 is 1.87. The van der Waals surface area contributed by atoms with E-state index in [1.165, 1.54) is 6.33 Å². The first kappa shape index (κ1) is 15.6. The van der Waals surface area contributed by atoms with Crippen molar-refractivity contribution in [1.82, 2.24) is 19.7 Å². The van der Waals surface area contributed by atoms with Crippen LogP contribution < -0.4 is 5.32 Å². The molecule has 23 heavy (non-hydrogen) atoms. The van der Waals surface area contributed by atoms with E-state index in [1.54, 1.807) is 24.4 Å². The summed E-state index contributed by atoms with van der Waals surface area (Å²) in [5, 5.41) is 18.7. The summed E-state index contributed by atoms with van der Waals surface area (Å²) in [6.07, 6.45) is 3.27. The van der Waals surface area contributed by atoms with Gasteiger partial charge in [-0.2, -0.15) is 5.10 Å². The number of nitrogens with one attached hydrogen (secondary N) is 1. The van der Waals surface area contributed by atoms with Gasteiger partial charge in [-0.05, 0) is 44.5 Å². The monoisotopic (exact) mass is 331 g/mol. The number of aromatic nitrogens is 4. The Kier molecular flexibility index (Phi) is 3.85. The van der Waals surface area contributed by atoms with E-state index in [1.807, 2.05) is 4.68 Å². The smallest absolute Gasteiger partial charge is 0.163 e. The molecule has 3 rings (SSSR count). The van der Waals surface area contributed by atoms with Crippen LogP contribution in [0.4, 0.5) is 5.82 Å². The third kappa shape index (κ3) is 3.07. The van der Waals surface area contributed by atoms with Crippen molar-refractivity contribution in [3.63, 3.8) is 0 Å². The highest BCUT2D eigenvalue weighted by molar-refractivity contribution is 6.31. The summed E-state index contributed by atoms with van der Waals surface area (Å²) in [5.74, 6) is 0.865. The largest absolute Gasteiger partial charge is 0.508 e. The van der Waals surface area contributed by atoms with Crippen LogP contribution in [-0.2, 0) is 12.1 Å².